The van der Waals surface area contributed by atoms with Gasteiger partial charge in [-0.3, -0.25) is 0 Å². The molecule has 1 aromatic rings. The van der Waals surface area contributed by atoms with Crippen molar-refractivity contribution < 1.29 is 9.47 Å². The molecule has 1 aromatic carbocycles. The molecule has 0 radical (unpaired) electrons. The van der Waals surface area contributed by atoms with E-state index in [1.165, 1.54) is 18.4 Å². The Morgan fingerprint density at radius 3 is 2.61 bits per heavy atom. The molecule has 1 atom stereocenters. The summed E-state index contributed by atoms with van der Waals surface area (Å²) in [5, 5.41) is 3.60. The van der Waals surface area contributed by atoms with Gasteiger partial charge >= 0.3 is 0 Å². The van der Waals surface area contributed by atoms with Crippen LogP contribution in [-0.2, 0) is 0 Å². The van der Waals surface area contributed by atoms with E-state index in [0.717, 1.165) is 37.2 Å². The van der Waals surface area contributed by atoms with Gasteiger partial charge in [-0.15, -0.1) is 12.4 Å². The second-order valence-electron chi connectivity index (χ2n) is 4.92. The Morgan fingerprint density at radius 1 is 1.17 bits per heavy atom. The molecular weight excluding hydrogens is 250 g/mol. The molecule has 1 unspecified atom stereocenters. The average molecular weight is 270 g/mol. The van der Waals surface area contributed by atoms with Gasteiger partial charge in [0.05, 0.1) is 13.2 Å². The third kappa shape index (κ3) is 3.09. The van der Waals surface area contributed by atoms with Crippen LogP contribution < -0.4 is 14.8 Å². The number of hydrogen-bond acceptors (Lipinski definition) is 3. The Hall–Kier alpha value is -0.930. The maximum atomic E-state index is 5.71. The highest BCUT2D eigenvalue weighted by Gasteiger charge is 2.23. The lowest BCUT2D eigenvalue weighted by molar-refractivity contribution is 0.297. The molecule has 0 spiro atoms. The minimum absolute atomic E-state index is 0. The van der Waals surface area contributed by atoms with Gasteiger partial charge in [0.1, 0.15) is 0 Å². The summed E-state index contributed by atoms with van der Waals surface area (Å²) in [6.45, 7) is 3.71. The molecule has 1 N–H and O–H groups in total. The molecule has 1 heterocycles. The summed E-state index contributed by atoms with van der Waals surface area (Å²) in [6, 6.07) is 7.38. The van der Waals surface area contributed by atoms with Crippen molar-refractivity contribution in [1.29, 1.82) is 0 Å². The van der Waals surface area contributed by atoms with Gasteiger partial charge in [0.25, 0.3) is 0 Å². The lowest BCUT2D eigenvalue weighted by Gasteiger charge is -2.16. The zero-order chi connectivity index (χ0) is 11.7. The number of hydrogen-bond donors (Lipinski definition) is 1. The summed E-state index contributed by atoms with van der Waals surface area (Å²) >= 11 is 0. The SMILES string of the molecule is CC(NC1CC1)c1ccc2c(c1)OCCCO2.Cl. The van der Waals surface area contributed by atoms with E-state index in [4.69, 9.17) is 9.47 Å². The summed E-state index contributed by atoms with van der Waals surface area (Å²) in [4.78, 5) is 0. The fourth-order valence-corrected chi connectivity index (χ4v) is 2.15. The van der Waals surface area contributed by atoms with Crippen molar-refractivity contribution in [1.82, 2.24) is 5.32 Å². The van der Waals surface area contributed by atoms with E-state index in [-0.39, 0.29) is 12.4 Å². The Kier molecular flexibility index (Phi) is 4.36. The number of halogens is 1. The molecule has 1 fully saturated rings. The normalized spacial score (nSPS) is 19.6. The molecule has 0 bridgehead atoms. The van der Waals surface area contributed by atoms with Gasteiger partial charge in [-0.2, -0.15) is 0 Å². The van der Waals surface area contributed by atoms with Crippen molar-refractivity contribution in [2.24, 2.45) is 0 Å². The number of ether oxygens (including phenoxy) is 2. The topological polar surface area (TPSA) is 30.5 Å². The summed E-state index contributed by atoms with van der Waals surface area (Å²) in [5.74, 6) is 1.77. The van der Waals surface area contributed by atoms with Crippen molar-refractivity contribution in [3.8, 4) is 11.5 Å². The highest BCUT2D eigenvalue weighted by molar-refractivity contribution is 5.85. The summed E-state index contributed by atoms with van der Waals surface area (Å²) in [5.41, 5.74) is 1.28. The number of fused-ring (bicyclic) bond motifs is 1. The first-order valence-corrected chi connectivity index (χ1v) is 6.48. The Morgan fingerprint density at radius 2 is 1.89 bits per heavy atom. The van der Waals surface area contributed by atoms with Crippen LogP contribution in [0.1, 0.15) is 37.8 Å². The second kappa shape index (κ2) is 5.81. The minimum Gasteiger partial charge on any atom is -0.490 e. The van der Waals surface area contributed by atoms with E-state index in [0.29, 0.717) is 6.04 Å². The predicted octanol–water partition coefficient (Wildman–Crippen LogP) is 3.08. The van der Waals surface area contributed by atoms with Crippen molar-refractivity contribution in [2.45, 2.75) is 38.3 Å². The van der Waals surface area contributed by atoms with Crippen LogP contribution in [0.3, 0.4) is 0 Å². The van der Waals surface area contributed by atoms with Crippen LogP contribution in [-0.4, -0.2) is 19.3 Å². The lowest BCUT2D eigenvalue weighted by Crippen LogP contribution is -2.20. The van der Waals surface area contributed by atoms with Gasteiger partial charge in [0.2, 0.25) is 0 Å². The number of benzene rings is 1. The molecule has 1 aliphatic heterocycles. The highest BCUT2D eigenvalue weighted by Crippen LogP contribution is 2.33. The summed E-state index contributed by atoms with van der Waals surface area (Å²) < 4.78 is 11.3. The van der Waals surface area contributed by atoms with Crippen molar-refractivity contribution in [2.75, 3.05) is 13.2 Å². The van der Waals surface area contributed by atoms with E-state index in [1.54, 1.807) is 0 Å². The molecule has 1 aliphatic carbocycles. The number of nitrogens with one attached hydrogen (secondary N) is 1. The van der Waals surface area contributed by atoms with Crippen LogP contribution in [0.2, 0.25) is 0 Å². The number of rotatable bonds is 3. The van der Waals surface area contributed by atoms with Gasteiger partial charge < -0.3 is 14.8 Å². The quantitative estimate of drug-likeness (QED) is 0.915. The van der Waals surface area contributed by atoms with Crippen LogP contribution in [0.4, 0.5) is 0 Å². The lowest BCUT2D eigenvalue weighted by atomic mass is 10.1. The molecular formula is C14H20ClNO2. The zero-order valence-corrected chi connectivity index (χ0v) is 11.5. The molecule has 3 rings (SSSR count). The first-order chi connectivity index (χ1) is 8.33. The fraction of sp³-hybridized carbons (Fsp3) is 0.571. The summed E-state index contributed by atoms with van der Waals surface area (Å²) in [6.07, 6.45) is 3.59. The zero-order valence-electron chi connectivity index (χ0n) is 10.6. The van der Waals surface area contributed by atoms with E-state index in [9.17, 15) is 0 Å². The summed E-state index contributed by atoms with van der Waals surface area (Å²) in [7, 11) is 0. The van der Waals surface area contributed by atoms with Gasteiger partial charge in [0.15, 0.2) is 11.5 Å². The molecule has 100 valence electrons. The fourth-order valence-electron chi connectivity index (χ4n) is 2.15. The van der Waals surface area contributed by atoms with Crippen LogP contribution in [0.25, 0.3) is 0 Å². The Balaban J connectivity index is 0.00000120. The molecule has 2 aliphatic rings. The van der Waals surface area contributed by atoms with E-state index < -0.39 is 0 Å². The van der Waals surface area contributed by atoms with Gasteiger partial charge in [-0.05, 0) is 37.5 Å². The van der Waals surface area contributed by atoms with Crippen molar-refractivity contribution in [3.05, 3.63) is 23.8 Å². The molecule has 4 heteroatoms. The molecule has 0 saturated heterocycles. The standard InChI is InChI=1S/C14H19NO2.ClH/c1-10(15-12-4-5-12)11-3-6-13-14(9-11)17-8-2-7-16-13;/h3,6,9-10,12,15H,2,4-5,7-8H2,1H3;1H. The van der Waals surface area contributed by atoms with Gasteiger partial charge in [-0.1, -0.05) is 6.07 Å². The highest BCUT2D eigenvalue weighted by atomic mass is 35.5. The molecule has 18 heavy (non-hydrogen) atoms. The second-order valence-corrected chi connectivity index (χ2v) is 4.92. The van der Waals surface area contributed by atoms with Crippen LogP contribution in [0.15, 0.2) is 18.2 Å². The largest absolute Gasteiger partial charge is 0.490 e. The predicted molar refractivity (Wildman–Crippen MR) is 73.9 cm³/mol. The molecule has 3 nitrogen and oxygen atoms in total. The van der Waals surface area contributed by atoms with Crippen LogP contribution >= 0.6 is 12.4 Å². The Bertz CT molecular complexity index is 407. The van der Waals surface area contributed by atoms with E-state index in [2.05, 4.69) is 24.4 Å². The van der Waals surface area contributed by atoms with E-state index in [1.807, 2.05) is 6.07 Å². The molecule has 1 saturated carbocycles. The first-order valence-electron chi connectivity index (χ1n) is 6.48. The maximum absolute atomic E-state index is 5.71. The molecule has 0 aromatic heterocycles. The molecule has 0 amide bonds. The van der Waals surface area contributed by atoms with Crippen LogP contribution in [0.5, 0.6) is 11.5 Å². The maximum Gasteiger partial charge on any atom is 0.161 e. The smallest absolute Gasteiger partial charge is 0.161 e. The average Bonchev–Trinajstić information content (AvgIpc) is 3.14. The van der Waals surface area contributed by atoms with Gasteiger partial charge in [-0.25, -0.2) is 0 Å². The minimum atomic E-state index is 0. The third-order valence-corrected chi connectivity index (χ3v) is 3.33. The van der Waals surface area contributed by atoms with Crippen molar-refractivity contribution >= 4 is 12.4 Å². The van der Waals surface area contributed by atoms with Gasteiger partial charge in [0, 0.05) is 18.5 Å². The van der Waals surface area contributed by atoms with Crippen LogP contribution in [0, 0.1) is 0 Å². The third-order valence-electron chi connectivity index (χ3n) is 3.33. The first kappa shape index (κ1) is 13.5. The Labute approximate surface area is 114 Å². The monoisotopic (exact) mass is 269 g/mol. The van der Waals surface area contributed by atoms with Crippen molar-refractivity contribution in [3.63, 3.8) is 0 Å². The van der Waals surface area contributed by atoms with E-state index >= 15 is 0 Å².